The highest BCUT2D eigenvalue weighted by Gasteiger charge is 2.72. The Morgan fingerprint density at radius 3 is 1.94 bits per heavy atom. The predicted octanol–water partition coefficient (Wildman–Crippen LogP) is 1.43. The van der Waals surface area contributed by atoms with Crippen LogP contribution in [0, 0.1) is 56.2 Å². The molecule has 8 rings (SSSR count). The molecule has 0 spiro atoms. The van der Waals surface area contributed by atoms with E-state index in [9.17, 15) is 55.9 Å². The molecule has 0 aromatic rings. The number of ether oxygens (including phenoxy) is 6. The lowest BCUT2D eigenvalue weighted by Crippen LogP contribution is -2.69. The Balaban J connectivity index is 1.04. The van der Waals surface area contributed by atoms with Gasteiger partial charge < -0.3 is 79.5 Å². The fourth-order valence-corrected chi connectivity index (χ4v) is 15.6. The van der Waals surface area contributed by atoms with E-state index in [0.717, 1.165) is 57.8 Å². The van der Waals surface area contributed by atoms with Crippen LogP contribution in [0.4, 0.5) is 0 Å². The second-order valence-electron chi connectivity index (χ2n) is 23.3. The first kappa shape index (κ1) is 49.3. The molecular formula is C47H78O17. The van der Waals surface area contributed by atoms with Crippen molar-refractivity contribution in [2.24, 2.45) is 56.2 Å². The van der Waals surface area contributed by atoms with Crippen molar-refractivity contribution >= 4 is 5.97 Å². The van der Waals surface area contributed by atoms with E-state index in [-0.39, 0.29) is 46.7 Å². The maximum atomic E-state index is 13.2. The molecule has 3 aliphatic heterocycles. The first-order valence-electron chi connectivity index (χ1n) is 24.0. The van der Waals surface area contributed by atoms with Crippen molar-refractivity contribution in [3.8, 4) is 0 Å². The molecule has 0 bridgehead atoms. The highest BCUT2D eigenvalue weighted by molar-refractivity contribution is 5.75. The molecule has 17 nitrogen and oxygen atoms in total. The number of hydrogen-bond acceptors (Lipinski definition) is 16. The molecule has 3 saturated heterocycles. The number of carboxylic acids is 1. The van der Waals surface area contributed by atoms with Gasteiger partial charge in [0.1, 0.15) is 61.0 Å². The van der Waals surface area contributed by atoms with Crippen LogP contribution in [0.3, 0.4) is 0 Å². The van der Waals surface area contributed by atoms with Gasteiger partial charge in [0.2, 0.25) is 0 Å². The third-order valence-corrected chi connectivity index (χ3v) is 19.7. The van der Waals surface area contributed by atoms with Crippen molar-refractivity contribution in [1.29, 1.82) is 0 Å². The second-order valence-corrected chi connectivity index (χ2v) is 23.3. The second kappa shape index (κ2) is 17.4. The van der Waals surface area contributed by atoms with Crippen LogP contribution < -0.4 is 0 Å². The van der Waals surface area contributed by atoms with Crippen LogP contribution in [0.5, 0.6) is 0 Å². The van der Waals surface area contributed by atoms with Crippen molar-refractivity contribution in [2.75, 3.05) is 19.8 Å². The quantitative estimate of drug-likeness (QED) is 0.147. The van der Waals surface area contributed by atoms with E-state index >= 15 is 0 Å². The number of rotatable bonds is 9. The number of aliphatic hydroxyl groups is 9. The molecule has 24 atom stereocenters. The Bertz CT molecular complexity index is 1680. The third kappa shape index (κ3) is 7.56. The molecule has 17 unspecified atom stereocenters. The van der Waals surface area contributed by atoms with Crippen molar-refractivity contribution < 1.29 is 84.3 Å². The summed E-state index contributed by atoms with van der Waals surface area (Å²) in [5, 5.41) is 108. The van der Waals surface area contributed by atoms with Crippen LogP contribution in [0.2, 0.25) is 0 Å². The van der Waals surface area contributed by atoms with Crippen molar-refractivity contribution in [3.63, 3.8) is 0 Å². The molecular weight excluding hydrogens is 837 g/mol. The monoisotopic (exact) mass is 915 g/mol. The van der Waals surface area contributed by atoms with Gasteiger partial charge in [0.25, 0.3) is 0 Å². The summed E-state index contributed by atoms with van der Waals surface area (Å²) in [5.74, 6) is 0.151. The zero-order valence-corrected chi connectivity index (χ0v) is 38.7. The number of aliphatic carboxylic acids is 1. The van der Waals surface area contributed by atoms with E-state index in [2.05, 4.69) is 41.5 Å². The molecule has 3 heterocycles. The maximum Gasteiger partial charge on any atom is 0.309 e. The topological polar surface area (TPSA) is 275 Å². The molecule has 8 fully saturated rings. The fourth-order valence-electron chi connectivity index (χ4n) is 15.6. The Labute approximate surface area is 376 Å². The largest absolute Gasteiger partial charge is 0.481 e. The molecule has 0 aromatic heterocycles. The molecule has 5 saturated carbocycles. The number of hydrogen-bond donors (Lipinski definition) is 10. The Hall–Kier alpha value is -1.13. The summed E-state index contributed by atoms with van der Waals surface area (Å²) >= 11 is 0. The highest BCUT2D eigenvalue weighted by Crippen LogP contribution is 2.77. The average molecular weight is 915 g/mol. The van der Waals surface area contributed by atoms with Crippen LogP contribution in [0.15, 0.2) is 0 Å². The van der Waals surface area contributed by atoms with Gasteiger partial charge in [-0.05, 0) is 123 Å². The van der Waals surface area contributed by atoms with Gasteiger partial charge in [-0.15, -0.1) is 0 Å². The smallest absolute Gasteiger partial charge is 0.309 e. The zero-order chi connectivity index (χ0) is 46.7. The van der Waals surface area contributed by atoms with Gasteiger partial charge in [-0.25, -0.2) is 0 Å². The average Bonchev–Trinajstić information content (AvgIpc) is 3.24. The lowest BCUT2D eigenvalue weighted by Gasteiger charge is -2.73. The molecule has 0 amide bonds. The van der Waals surface area contributed by atoms with Gasteiger partial charge >= 0.3 is 5.97 Å². The minimum atomic E-state index is -1.77. The predicted molar refractivity (Wildman–Crippen MR) is 225 cm³/mol. The number of fused-ring (bicyclic) bond motifs is 7. The van der Waals surface area contributed by atoms with Gasteiger partial charge in [0.15, 0.2) is 18.9 Å². The van der Waals surface area contributed by atoms with E-state index in [4.69, 9.17) is 28.4 Å². The van der Waals surface area contributed by atoms with Crippen molar-refractivity contribution in [1.82, 2.24) is 0 Å². The lowest BCUT2D eigenvalue weighted by molar-refractivity contribution is -0.382. The summed E-state index contributed by atoms with van der Waals surface area (Å²) < 4.78 is 36.6. The van der Waals surface area contributed by atoms with Gasteiger partial charge in [-0.2, -0.15) is 0 Å². The van der Waals surface area contributed by atoms with Crippen molar-refractivity contribution in [3.05, 3.63) is 0 Å². The van der Waals surface area contributed by atoms with E-state index < -0.39 is 116 Å². The van der Waals surface area contributed by atoms with Crippen LogP contribution >= 0.6 is 0 Å². The SMILES string of the molecule is CC1OC(OC2C(O[C@H]3CC[C@@]4(C)C(CC[C@]5(C)C4CC[C@H]4C6CC(C)(C)CC[C@]6(C(=O)O)CC[C@@]45C)[C@]3(C)CO)OCC(OC3OC(CO)C(O)C(O)C3O)C2O)C(O)C(O)C1O. The lowest BCUT2D eigenvalue weighted by atomic mass is 9.31. The van der Waals surface area contributed by atoms with Crippen LogP contribution in [-0.2, 0) is 33.2 Å². The van der Waals surface area contributed by atoms with Crippen molar-refractivity contribution in [2.45, 2.75) is 211 Å². The summed E-state index contributed by atoms with van der Waals surface area (Å²) in [6.45, 7) is 14.2. The number of carboxylic acid groups (broad SMARTS) is 1. The maximum absolute atomic E-state index is 13.2. The fraction of sp³-hybridized carbons (Fsp3) is 0.979. The Morgan fingerprint density at radius 2 is 1.28 bits per heavy atom. The molecule has 0 aromatic carbocycles. The molecule has 17 heteroatoms. The van der Waals surface area contributed by atoms with Gasteiger partial charge in [0.05, 0.1) is 37.4 Å². The van der Waals surface area contributed by atoms with Crippen LogP contribution in [0.1, 0.15) is 119 Å². The molecule has 64 heavy (non-hydrogen) atoms. The number of aliphatic hydroxyl groups excluding tert-OH is 9. The summed E-state index contributed by atoms with van der Waals surface area (Å²) in [6.07, 6.45) is -12.6. The van der Waals surface area contributed by atoms with Gasteiger partial charge in [0, 0.05) is 5.41 Å². The third-order valence-electron chi connectivity index (χ3n) is 19.7. The number of carbonyl (C=O) groups is 1. The van der Waals surface area contributed by atoms with Gasteiger partial charge in [-0.3, -0.25) is 4.79 Å². The minimum Gasteiger partial charge on any atom is -0.481 e. The van der Waals surface area contributed by atoms with Gasteiger partial charge in [-0.1, -0.05) is 41.5 Å². The minimum absolute atomic E-state index is 0.0217. The van der Waals surface area contributed by atoms with Crippen LogP contribution in [0.25, 0.3) is 0 Å². The van der Waals surface area contributed by atoms with E-state index in [0.29, 0.717) is 24.7 Å². The zero-order valence-electron chi connectivity index (χ0n) is 38.7. The molecule has 10 N–H and O–H groups in total. The first-order chi connectivity index (χ1) is 29.9. The highest BCUT2D eigenvalue weighted by atomic mass is 16.8. The standard InChI is InChI=1S/C47H78O17/c1-22-30(50)33(53)35(55)38(60-22)64-37-32(52)26(62-39-36(56)34(54)31(51)25(19-48)61-39)20-59-40(37)63-29-11-12-43(4)27(44(29,5)21-49)10-13-46(7)28(43)9-8-23-24-18-42(2,3)14-16-47(24,41(57)58)17-15-45(23,46)6/h22-40,48-56H,8-21H2,1-7H3,(H,57,58)/t22?,23-,24?,25?,26?,27?,28?,29-,30?,31?,32?,33?,34?,35?,36?,37?,38?,39?,40?,43-,44-,45-,46+,47-/m0/s1. The first-order valence-corrected chi connectivity index (χ1v) is 24.0. The summed E-state index contributed by atoms with van der Waals surface area (Å²) in [4.78, 5) is 13.2. The summed E-state index contributed by atoms with van der Waals surface area (Å²) in [6, 6.07) is 0. The van der Waals surface area contributed by atoms with E-state index in [1.807, 2.05) is 0 Å². The summed E-state index contributed by atoms with van der Waals surface area (Å²) in [7, 11) is 0. The molecule has 368 valence electrons. The van der Waals surface area contributed by atoms with Crippen LogP contribution in [-0.4, -0.2) is 169 Å². The Morgan fingerprint density at radius 1 is 0.625 bits per heavy atom. The van der Waals surface area contributed by atoms with E-state index in [1.165, 1.54) is 6.92 Å². The molecule has 8 aliphatic rings. The molecule has 0 radical (unpaired) electrons. The normalized spacial score (nSPS) is 56.2. The summed E-state index contributed by atoms with van der Waals surface area (Å²) in [5.41, 5.74) is -1.66. The molecule has 5 aliphatic carbocycles. The van der Waals surface area contributed by atoms with E-state index in [1.54, 1.807) is 0 Å². The Kier molecular flexibility index (Phi) is 13.4.